The number of methoxy groups -OCH3 is 1. The van der Waals surface area contributed by atoms with Crippen molar-refractivity contribution >= 4 is 5.91 Å². The van der Waals surface area contributed by atoms with Crippen molar-refractivity contribution in [3.8, 4) is 5.88 Å². The standard InChI is InChI=1S/C20H28F3N3O3/c1-28-12-16-8-5-9-26(16)25-18(27)15-10-17(14-6-3-2-4-7-14)19(24-11-15)29-13-20(21,22)23/h10-11,14,16H,2-9,12-13H2,1H3,(H,25,27)/t16-/m0/s1. The average molecular weight is 415 g/mol. The Morgan fingerprint density at radius 1 is 1.24 bits per heavy atom. The number of amides is 1. The van der Waals surface area contributed by atoms with E-state index in [4.69, 9.17) is 9.47 Å². The number of nitrogens with one attached hydrogen (secondary N) is 1. The molecule has 1 saturated carbocycles. The first-order chi connectivity index (χ1) is 13.9. The van der Waals surface area contributed by atoms with E-state index in [1.807, 2.05) is 5.01 Å². The van der Waals surface area contributed by atoms with E-state index < -0.39 is 12.8 Å². The molecule has 9 heteroatoms. The van der Waals surface area contributed by atoms with Gasteiger partial charge in [-0.3, -0.25) is 10.2 Å². The van der Waals surface area contributed by atoms with E-state index >= 15 is 0 Å². The maximum Gasteiger partial charge on any atom is 0.422 e. The topological polar surface area (TPSA) is 63.7 Å². The Hall–Kier alpha value is -1.87. The highest BCUT2D eigenvalue weighted by atomic mass is 19.4. The lowest BCUT2D eigenvalue weighted by Gasteiger charge is -2.26. The van der Waals surface area contributed by atoms with Crippen LogP contribution in [0, 0.1) is 0 Å². The van der Waals surface area contributed by atoms with Gasteiger partial charge in [-0.25, -0.2) is 9.99 Å². The summed E-state index contributed by atoms with van der Waals surface area (Å²) in [4.78, 5) is 16.8. The van der Waals surface area contributed by atoms with Gasteiger partial charge in [0.25, 0.3) is 5.91 Å². The van der Waals surface area contributed by atoms with Gasteiger partial charge < -0.3 is 9.47 Å². The Kier molecular flexibility index (Phi) is 7.34. The predicted octanol–water partition coefficient (Wildman–Crippen LogP) is 3.83. The molecule has 1 N–H and O–H groups in total. The maximum absolute atomic E-state index is 12.8. The van der Waals surface area contributed by atoms with E-state index in [1.54, 1.807) is 13.2 Å². The van der Waals surface area contributed by atoms with Crippen molar-refractivity contribution in [3.63, 3.8) is 0 Å². The summed E-state index contributed by atoms with van der Waals surface area (Å²) < 4.78 is 48.0. The van der Waals surface area contributed by atoms with Crippen molar-refractivity contribution in [1.29, 1.82) is 0 Å². The fourth-order valence-electron chi connectivity index (χ4n) is 4.11. The van der Waals surface area contributed by atoms with Crippen LogP contribution >= 0.6 is 0 Å². The third-order valence-corrected chi connectivity index (χ3v) is 5.54. The molecular weight excluding hydrogens is 387 g/mol. The molecule has 1 amide bonds. The predicted molar refractivity (Wildman–Crippen MR) is 101 cm³/mol. The summed E-state index contributed by atoms with van der Waals surface area (Å²) in [6.07, 6.45) is 3.59. The van der Waals surface area contributed by atoms with Crippen LogP contribution in [-0.4, -0.2) is 55.0 Å². The lowest BCUT2D eigenvalue weighted by molar-refractivity contribution is -0.154. The van der Waals surface area contributed by atoms with Crippen molar-refractivity contribution < 1.29 is 27.4 Å². The molecule has 3 rings (SSSR count). The van der Waals surface area contributed by atoms with Crippen LogP contribution < -0.4 is 10.2 Å². The van der Waals surface area contributed by atoms with Crippen LogP contribution in [0.2, 0.25) is 0 Å². The minimum Gasteiger partial charge on any atom is -0.468 e. The summed E-state index contributed by atoms with van der Waals surface area (Å²) in [5.41, 5.74) is 3.81. The van der Waals surface area contributed by atoms with Crippen molar-refractivity contribution in [1.82, 2.24) is 15.4 Å². The van der Waals surface area contributed by atoms with Crippen LogP contribution in [0.4, 0.5) is 13.2 Å². The van der Waals surface area contributed by atoms with Crippen molar-refractivity contribution in [2.75, 3.05) is 26.9 Å². The van der Waals surface area contributed by atoms with Gasteiger partial charge >= 0.3 is 6.18 Å². The summed E-state index contributed by atoms with van der Waals surface area (Å²) in [7, 11) is 1.62. The van der Waals surface area contributed by atoms with E-state index in [1.165, 1.54) is 6.20 Å². The lowest BCUT2D eigenvalue weighted by Crippen LogP contribution is -2.46. The molecule has 2 heterocycles. The molecule has 1 aliphatic carbocycles. The Morgan fingerprint density at radius 2 is 2.00 bits per heavy atom. The Bertz CT molecular complexity index is 693. The number of ether oxygens (including phenoxy) is 2. The Balaban J connectivity index is 1.77. The van der Waals surface area contributed by atoms with Crippen molar-refractivity contribution in [2.45, 2.75) is 63.1 Å². The molecule has 2 fully saturated rings. The third-order valence-electron chi connectivity index (χ3n) is 5.54. The van der Waals surface area contributed by atoms with E-state index in [9.17, 15) is 18.0 Å². The number of hydrogen-bond acceptors (Lipinski definition) is 5. The molecule has 6 nitrogen and oxygen atoms in total. The summed E-state index contributed by atoms with van der Waals surface area (Å²) in [6.45, 7) is -0.136. The summed E-state index contributed by atoms with van der Waals surface area (Å²) in [5.74, 6) is -0.288. The maximum atomic E-state index is 12.8. The first-order valence-corrected chi connectivity index (χ1v) is 10.1. The number of carbonyl (C=O) groups excluding carboxylic acids is 1. The second kappa shape index (κ2) is 9.75. The quantitative estimate of drug-likeness (QED) is 0.734. The highest BCUT2D eigenvalue weighted by Crippen LogP contribution is 2.37. The van der Waals surface area contributed by atoms with Gasteiger partial charge in [0.1, 0.15) is 0 Å². The minimum atomic E-state index is -4.44. The van der Waals surface area contributed by atoms with Gasteiger partial charge in [-0.15, -0.1) is 0 Å². The molecule has 1 aromatic heterocycles. The summed E-state index contributed by atoms with van der Waals surface area (Å²) in [5, 5.41) is 1.86. The zero-order chi connectivity index (χ0) is 20.9. The Labute approximate surface area is 168 Å². The fourth-order valence-corrected chi connectivity index (χ4v) is 4.11. The highest BCUT2D eigenvalue weighted by Gasteiger charge is 2.31. The van der Waals surface area contributed by atoms with Crippen LogP contribution in [0.15, 0.2) is 12.3 Å². The summed E-state index contributed by atoms with van der Waals surface area (Å²) in [6, 6.07) is 1.76. The van der Waals surface area contributed by atoms with Gasteiger partial charge in [0.2, 0.25) is 5.88 Å². The number of aromatic nitrogens is 1. The van der Waals surface area contributed by atoms with E-state index in [0.717, 1.165) is 51.5 Å². The second-order valence-electron chi connectivity index (χ2n) is 7.74. The van der Waals surface area contributed by atoms with Gasteiger partial charge in [0, 0.05) is 25.4 Å². The smallest absolute Gasteiger partial charge is 0.422 e. The third kappa shape index (κ3) is 6.05. The molecule has 0 radical (unpaired) electrons. The van der Waals surface area contributed by atoms with Crippen LogP contribution in [-0.2, 0) is 4.74 Å². The van der Waals surface area contributed by atoms with Crippen LogP contribution in [0.5, 0.6) is 5.88 Å². The number of halogens is 3. The molecule has 1 atom stereocenters. The number of nitrogens with zero attached hydrogens (tertiary/aromatic N) is 2. The molecule has 0 unspecified atom stereocenters. The number of rotatable bonds is 7. The molecule has 2 aliphatic rings. The summed E-state index contributed by atoms with van der Waals surface area (Å²) >= 11 is 0. The number of pyridine rings is 1. The number of carbonyl (C=O) groups is 1. The molecule has 1 saturated heterocycles. The molecule has 1 aromatic rings. The zero-order valence-electron chi connectivity index (χ0n) is 16.6. The van der Waals surface area contributed by atoms with Crippen molar-refractivity contribution in [3.05, 3.63) is 23.4 Å². The second-order valence-corrected chi connectivity index (χ2v) is 7.74. The Morgan fingerprint density at radius 3 is 2.69 bits per heavy atom. The van der Waals surface area contributed by atoms with Gasteiger partial charge in [0.05, 0.1) is 18.2 Å². The molecule has 162 valence electrons. The van der Waals surface area contributed by atoms with Crippen LogP contribution in [0.3, 0.4) is 0 Å². The van der Waals surface area contributed by atoms with Gasteiger partial charge in [-0.05, 0) is 37.7 Å². The number of hydrogen-bond donors (Lipinski definition) is 1. The van der Waals surface area contributed by atoms with Crippen molar-refractivity contribution in [2.24, 2.45) is 0 Å². The minimum absolute atomic E-state index is 0.0239. The molecule has 1 aliphatic heterocycles. The molecule has 0 aromatic carbocycles. The monoisotopic (exact) mass is 415 g/mol. The largest absolute Gasteiger partial charge is 0.468 e. The molecule has 29 heavy (non-hydrogen) atoms. The normalized spacial score (nSPS) is 21.3. The lowest BCUT2D eigenvalue weighted by atomic mass is 9.84. The first kappa shape index (κ1) is 21.8. The van der Waals surface area contributed by atoms with E-state index in [2.05, 4.69) is 10.4 Å². The number of alkyl halides is 3. The zero-order valence-corrected chi connectivity index (χ0v) is 16.6. The fraction of sp³-hybridized carbons (Fsp3) is 0.700. The highest BCUT2D eigenvalue weighted by molar-refractivity contribution is 5.93. The van der Waals surface area contributed by atoms with Gasteiger partial charge in [-0.1, -0.05) is 19.3 Å². The van der Waals surface area contributed by atoms with Gasteiger partial charge in [-0.2, -0.15) is 13.2 Å². The van der Waals surface area contributed by atoms with Crippen LogP contribution in [0.25, 0.3) is 0 Å². The molecular formula is C20H28F3N3O3. The van der Waals surface area contributed by atoms with Crippen LogP contribution in [0.1, 0.15) is 66.8 Å². The first-order valence-electron chi connectivity index (χ1n) is 10.1. The molecule has 0 spiro atoms. The van der Waals surface area contributed by atoms with E-state index in [-0.39, 0.29) is 23.7 Å². The molecule has 0 bridgehead atoms. The SMILES string of the molecule is COC[C@@H]1CCCN1NC(=O)c1cnc(OCC(F)(F)F)c(C2CCCCC2)c1. The number of hydrazine groups is 1. The van der Waals surface area contributed by atoms with Gasteiger partial charge in [0.15, 0.2) is 6.61 Å². The average Bonchev–Trinajstić information content (AvgIpc) is 3.13. The van der Waals surface area contributed by atoms with E-state index in [0.29, 0.717) is 17.7 Å².